The Labute approximate surface area is 162 Å². The van der Waals surface area contributed by atoms with Gasteiger partial charge in [-0.15, -0.1) is 0 Å². The molecule has 1 aromatic heterocycles. The number of benzene rings is 2. The average molecular weight is 381 g/mol. The number of aromatic nitrogens is 2. The summed E-state index contributed by atoms with van der Waals surface area (Å²) < 4.78 is 28.6. The predicted molar refractivity (Wildman–Crippen MR) is 106 cm³/mol. The van der Waals surface area contributed by atoms with Gasteiger partial charge >= 0.3 is 0 Å². The van der Waals surface area contributed by atoms with Crippen molar-refractivity contribution < 1.29 is 13.6 Å². The predicted octanol–water partition coefficient (Wildman–Crippen LogP) is 5.01. The van der Waals surface area contributed by atoms with Crippen LogP contribution in [-0.4, -0.2) is 29.3 Å². The van der Waals surface area contributed by atoms with E-state index in [4.69, 9.17) is 0 Å². The Hall–Kier alpha value is -2.89. The zero-order valence-corrected chi connectivity index (χ0v) is 15.7. The van der Waals surface area contributed by atoms with Gasteiger partial charge in [0.1, 0.15) is 23.8 Å². The fourth-order valence-corrected chi connectivity index (χ4v) is 3.93. The largest absolute Gasteiger partial charge is 0.356 e. The van der Waals surface area contributed by atoms with Gasteiger partial charge in [-0.3, -0.25) is 4.79 Å². The lowest BCUT2D eigenvalue weighted by Crippen LogP contribution is -2.34. The topological polar surface area (TPSA) is 46.1 Å². The minimum atomic E-state index is -0.638. The van der Waals surface area contributed by atoms with E-state index >= 15 is 0 Å². The summed E-state index contributed by atoms with van der Waals surface area (Å²) in [6, 6.07) is 7.03. The summed E-state index contributed by atoms with van der Waals surface area (Å²) in [4.78, 5) is 21.8. The maximum atomic E-state index is 14.5. The molecule has 144 valence electrons. The van der Waals surface area contributed by atoms with E-state index < -0.39 is 11.6 Å². The SMILES string of the molecule is CCC1CCN(c2ncnc3c(-c4ccc(C=O)c(F)c4)cc(F)cc23)CC1. The molecule has 4 rings (SSSR count). The smallest absolute Gasteiger partial charge is 0.152 e. The van der Waals surface area contributed by atoms with Crippen LogP contribution in [-0.2, 0) is 0 Å². The highest BCUT2D eigenvalue weighted by Gasteiger charge is 2.22. The molecule has 0 N–H and O–H groups in total. The maximum absolute atomic E-state index is 14.5. The number of nitrogens with zero attached hydrogens (tertiary/aromatic N) is 3. The molecule has 0 unspecified atom stereocenters. The molecular formula is C22H21F2N3O. The summed E-state index contributed by atoms with van der Waals surface area (Å²) in [5.41, 5.74) is 1.50. The second-order valence-electron chi connectivity index (χ2n) is 7.24. The van der Waals surface area contributed by atoms with Gasteiger partial charge in [0.05, 0.1) is 11.1 Å². The number of carbonyl (C=O) groups is 1. The van der Waals surface area contributed by atoms with Crippen molar-refractivity contribution in [3.8, 4) is 11.1 Å². The Morgan fingerprint density at radius 3 is 2.61 bits per heavy atom. The van der Waals surface area contributed by atoms with Crippen LogP contribution in [0.15, 0.2) is 36.7 Å². The highest BCUT2D eigenvalue weighted by atomic mass is 19.1. The molecule has 2 heterocycles. The second kappa shape index (κ2) is 7.62. The van der Waals surface area contributed by atoms with Crippen molar-refractivity contribution in [2.75, 3.05) is 18.0 Å². The molecule has 0 spiro atoms. The van der Waals surface area contributed by atoms with Crippen LogP contribution >= 0.6 is 0 Å². The quantitative estimate of drug-likeness (QED) is 0.596. The molecule has 1 fully saturated rings. The van der Waals surface area contributed by atoms with Crippen molar-refractivity contribution in [3.63, 3.8) is 0 Å². The van der Waals surface area contributed by atoms with Crippen LogP contribution in [0.4, 0.5) is 14.6 Å². The molecule has 28 heavy (non-hydrogen) atoms. The second-order valence-corrected chi connectivity index (χ2v) is 7.24. The van der Waals surface area contributed by atoms with Gasteiger partial charge in [-0.05, 0) is 48.6 Å². The van der Waals surface area contributed by atoms with Gasteiger partial charge in [-0.1, -0.05) is 19.4 Å². The highest BCUT2D eigenvalue weighted by molar-refractivity contribution is 5.99. The van der Waals surface area contributed by atoms with Gasteiger partial charge in [-0.2, -0.15) is 0 Å². The molecule has 0 atom stereocenters. The van der Waals surface area contributed by atoms with E-state index in [9.17, 15) is 13.6 Å². The monoisotopic (exact) mass is 381 g/mol. The third kappa shape index (κ3) is 3.35. The molecule has 1 aliphatic rings. The van der Waals surface area contributed by atoms with Crippen molar-refractivity contribution in [1.82, 2.24) is 9.97 Å². The third-order valence-corrected chi connectivity index (χ3v) is 5.61. The summed E-state index contributed by atoms with van der Waals surface area (Å²) >= 11 is 0. The number of anilines is 1. The first-order chi connectivity index (χ1) is 13.6. The van der Waals surface area contributed by atoms with Crippen LogP contribution in [0.5, 0.6) is 0 Å². The average Bonchev–Trinajstić information content (AvgIpc) is 2.72. The van der Waals surface area contributed by atoms with Crippen LogP contribution in [0.2, 0.25) is 0 Å². The first-order valence-electron chi connectivity index (χ1n) is 9.55. The zero-order chi connectivity index (χ0) is 19.7. The summed E-state index contributed by atoms with van der Waals surface area (Å²) in [6.07, 6.45) is 5.27. The van der Waals surface area contributed by atoms with E-state index in [-0.39, 0.29) is 5.56 Å². The first-order valence-corrected chi connectivity index (χ1v) is 9.55. The lowest BCUT2D eigenvalue weighted by Gasteiger charge is -2.33. The van der Waals surface area contributed by atoms with Gasteiger partial charge in [0, 0.05) is 24.0 Å². The van der Waals surface area contributed by atoms with Gasteiger partial charge in [0.15, 0.2) is 6.29 Å². The number of piperidine rings is 1. The van der Waals surface area contributed by atoms with E-state index in [1.165, 1.54) is 37.0 Å². The van der Waals surface area contributed by atoms with E-state index in [1.54, 1.807) is 6.07 Å². The van der Waals surface area contributed by atoms with E-state index in [0.29, 0.717) is 34.1 Å². The van der Waals surface area contributed by atoms with Gasteiger partial charge in [0.25, 0.3) is 0 Å². The number of carbonyl (C=O) groups excluding carboxylic acids is 1. The third-order valence-electron chi connectivity index (χ3n) is 5.61. The molecular weight excluding hydrogens is 360 g/mol. The van der Waals surface area contributed by atoms with Crippen LogP contribution in [0.25, 0.3) is 22.0 Å². The lowest BCUT2D eigenvalue weighted by atomic mass is 9.94. The molecule has 1 aliphatic heterocycles. The number of hydrogen-bond donors (Lipinski definition) is 0. The summed E-state index contributed by atoms with van der Waals surface area (Å²) in [5.74, 6) is 0.365. The number of aldehydes is 1. The Balaban J connectivity index is 1.82. The molecule has 0 saturated carbocycles. The van der Waals surface area contributed by atoms with Crippen molar-refractivity contribution in [1.29, 1.82) is 0 Å². The van der Waals surface area contributed by atoms with Crippen molar-refractivity contribution in [2.45, 2.75) is 26.2 Å². The van der Waals surface area contributed by atoms with E-state index in [1.807, 2.05) is 0 Å². The number of fused-ring (bicyclic) bond motifs is 1. The first kappa shape index (κ1) is 18.5. The summed E-state index contributed by atoms with van der Waals surface area (Å²) in [7, 11) is 0. The highest BCUT2D eigenvalue weighted by Crippen LogP contribution is 2.34. The lowest BCUT2D eigenvalue weighted by molar-refractivity contribution is 0.112. The molecule has 0 aliphatic carbocycles. The molecule has 0 radical (unpaired) electrons. The zero-order valence-electron chi connectivity index (χ0n) is 15.7. The normalized spacial score (nSPS) is 15.2. The fourth-order valence-electron chi connectivity index (χ4n) is 3.93. The van der Waals surface area contributed by atoms with Crippen molar-refractivity contribution in [3.05, 3.63) is 53.9 Å². The van der Waals surface area contributed by atoms with Crippen LogP contribution < -0.4 is 4.90 Å². The minimum Gasteiger partial charge on any atom is -0.356 e. The molecule has 4 nitrogen and oxygen atoms in total. The Morgan fingerprint density at radius 2 is 1.93 bits per heavy atom. The van der Waals surface area contributed by atoms with Gasteiger partial charge in [-0.25, -0.2) is 18.7 Å². The number of halogens is 2. The Kier molecular flexibility index (Phi) is 5.03. The number of hydrogen-bond acceptors (Lipinski definition) is 4. The van der Waals surface area contributed by atoms with Crippen LogP contribution in [0.3, 0.4) is 0 Å². The Morgan fingerprint density at radius 1 is 1.14 bits per heavy atom. The van der Waals surface area contributed by atoms with Gasteiger partial charge < -0.3 is 4.90 Å². The minimum absolute atomic E-state index is 0.0291. The van der Waals surface area contributed by atoms with Crippen LogP contribution in [0, 0.1) is 17.6 Å². The fraction of sp³-hybridized carbons (Fsp3) is 0.318. The summed E-state index contributed by atoms with van der Waals surface area (Å²) in [5, 5.41) is 0.618. The molecule has 0 bridgehead atoms. The molecule has 2 aromatic carbocycles. The van der Waals surface area contributed by atoms with Crippen molar-refractivity contribution >= 4 is 23.0 Å². The van der Waals surface area contributed by atoms with E-state index in [0.717, 1.165) is 31.8 Å². The maximum Gasteiger partial charge on any atom is 0.152 e. The summed E-state index contributed by atoms with van der Waals surface area (Å²) in [6.45, 7) is 3.95. The standard InChI is InChI=1S/C22H21F2N3O/c1-2-14-5-7-27(8-6-14)22-19-11-17(23)10-18(21(19)25-13-26-22)15-3-4-16(12-28)20(24)9-15/h3-4,9-14H,2,5-8H2,1H3. The van der Waals surface area contributed by atoms with Crippen molar-refractivity contribution in [2.24, 2.45) is 5.92 Å². The molecule has 1 saturated heterocycles. The molecule has 6 heteroatoms. The molecule has 0 amide bonds. The van der Waals surface area contributed by atoms with Crippen LogP contribution in [0.1, 0.15) is 36.5 Å². The van der Waals surface area contributed by atoms with E-state index in [2.05, 4.69) is 21.8 Å². The number of rotatable bonds is 4. The molecule has 3 aromatic rings. The Bertz CT molecular complexity index is 1030. The van der Waals surface area contributed by atoms with Gasteiger partial charge in [0.2, 0.25) is 0 Å².